The number of pyridine rings is 1. The maximum atomic E-state index is 4.59. The van der Waals surface area contributed by atoms with Crippen LogP contribution >= 0.6 is 11.3 Å². The van der Waals surface area contributed by atoms with E-state index in [0.29, 0.717) is 0 Å². The number of hydrogen-bond donors (Lipinski definition) is 1. The molecule has 0 fully saturated rings. The zero-order chi connectivity index (χ0) is 13.4. The maximum Gasteiger partial charge on any atom is 0.125 e. The second-order valence-electron chi connectivity index (χ2n) is 4.90. The molecule has 0 saturated carbocycles. The quantitative estimate of drug-likeness (QED) is 0.710. The topological polar surface area (TPSA) is 24.9 Å². The number of fused-ring (bicyclic) bond motifs is 1. The van der Waals surface area contributed by atoms with E-state index in [1.807, 2.05) is 6.92 Å². The van der Waals surface area contributed by atoms with Crippen LogP contribution in [0.25, 0.3) is 10.2 Å². The van der Waals surface area contributed by atoms with Gasteiger partial charge in [0.15, 0.2) is 0 Å². The Kier molecular flexibility index (Phi) is 2.99. The van der Waals surface area contributed by atoms with Crippen LogP contribution in [-0.4, -0.2) is 4.98 Å². The highest BCUT2D eigenvalue weighted by Gasteiger charge is 2.09. The SMILES string of the molecule is Cc1cccc(Nc2csc3nc(C)cc(C)c23)c1. The van der Waals surface area contributed by atoms with Crippen LogP contribution in [0.4, 0.5) is 11.4 Å². The fourth-order valence-corrected chi connectivity index (χ4v) is 3.35. The molecule has 0 unspecified atom stereocenters. The first-order chi connectivity index (χ1) is 9.13. The van der Waals surface area contributed by atoms with Crippen LogP contribution in [0, 0.1) is 20.8 Å². The van der Waals surface area contributed by atoms with E-state index < -0.39 is 0 Å². The summed E-state index contributed by atoms with van der Waals surface area (Å²) in [6.07, 6.45) is 0. The predicted molar refractivity (Wildman–Crippen MR) is 83.6 cm³/mol. The number of aryl methyl sites for hydroxylation is 3. The fraction of sp³-hybridized carbons (Fsp3) is 0.188. The van der Waals surface area contributed by atoms with Crippen LogP contribution in [0.15, 0.2) is 35.7 Å². The van der Waals surface area contributed by atoms with Gasteiger partial charge in [-0.3, -0.25) is 0 Å². The van der Waals surface area contributed by atoms with Crippen molar-refractivity contribution in [3.63, 3.8) is 0 Å². The molecule has 3 aromatic rings. The average Bonchev–Trinajstić information content (AvgIpc) is 2.72. The number of aromatic nitrogens is 1. The van der Waals surface area contributed by atoms with Crippen LogP contribution in [0.2, 0.25) is 0 Å². The Morgan fingerprint density at radius 2 is 1.95 bits per heavy atom. The van der Waals surface area contributed by atoms with Crippen molar-refractivity contribution in [2.75, 3.05) is 5.32 Å². The van der Waals surface area contributed by atoms with Crippen LogP contribution in [0.3, 0.4) is 0 Å². The predicted octanol–water partition coefficient (Wildman–Crippen LogP) is 4.97. The molecule has 1 N–H and O–H groups in total. The van der Waals surface area contributed by atoms with Crippen molar-refractivity contribution in [1.82, 2.24) is 4.98 Å². The van der Waals surface area contributed by atoms with Crippen LogP contribution in [-0.2, 0) is 0 Å². The van der Waals surface area contributed by atoms with Gasteiger partial charge in [0.25, 0.3) is 0 Å². The summed E-state index contributed by atoms with van der Waals surface area (Å²) in [5, 5.41) is 6.88. The second kappa shape index (κ2) is 4.67. The molecule has 3 heteroatoms. The Morgan fingerprint density at radius 3 is 2.74 bits per heavy atom. The van der Waals surface area contributed by atoms with E-state index in [-0.39, 0.29) is 0 Å². The minimum atomic E-state index is 1.08. The number of nitrogens with one attached hydrogen (secondary N) is 1. The molecular formula is C16H16N2S. The molecule has 0 aliphatic carbocycles. The average molecular weight is 268 g/mol. The molecule has 3 rings (SSSR count). The van der Waals surface area contributed by atoms with Gasteiger partial charge in [-0.2, -0.15) is 0 Å². The molecule has 0 bridgehead atoms. The number of benzene rings is 1. The number of rotatable bonds is 2. The van der Waals surface area contributed by atoms with Gasteiger partial charge in [0, 0.05) is 22.1 Å². The smallest absolute Gasteiger partial charge is 0.125 e. The number of thiophene rings is 1. The highest BCUT2D eigenvalue weighted by Crippen LogP contribution is 2.33. The molecule has 2 nitrogen and oxygen atoms in total. The summed E-state index contributed by atoms with van der Waals surface area (Å²) in [4.78, 5) is 5.70. The van der Waals surface area contributed by atoms with Gasteiger partial charge in [-0.05, 0) is 50.1 Å². The molecule has 0 aliphatic heterocycles. The molecule has 19 heavy (non-hydrogen) atoms. The van der Waals surface area contributed by atoms with Crippen LogP contribution < -0.4 is 5.32 Å². The van der Waals surface area contributed by atoms with Gasteiger partial charge in [0.05, 0.1) is 5.69 Å². The molecule has 0 atom stereocenters. The normalized spacial score (nSPS) is 10.9. The third-order valence-electron chi connectivity index (χ3n) is 3.17. The van der Waals surface area contributed by atoms with Gasteiger partial charge >= 0.3 is 0 Å². The van der Waals surface area contributed by atoms with E-state index in [1.54, 1.807) is 11.3 Å². The first kappa shape index (κ1) is 12.2. The largest absolute Gasteiger partial charge is 0.354 e. The highest BCUT2D eigenvalue weighted by molar-refractivity contribution is 7.17. The molecule has 0 amide bonds. The standard InChI is InChI=1S/C16H16N2S/c1-10-5-4-6-13(7-10)18-14-9-19-16-15(14)11(2)8-12(3)17-16/h4-9,18H,1-3H3. The lowest BCUT2D eigenvalue weighted by atomic mass is 10.1. The molecule has 2 heterocycles. The number of nitrogens with zero attached hydrogens (tertiary/aromatic N) is 1. The molecule has 0 radical (unpaired) electrons. The lowest BCUT2D eigenvalue weighted by Crippen LogP contribution is -1.91. The van der Waals surface area contributed by atoms with Crippen molar-refractivity contribution in [2.24, 2.45) is 0 Å². The van der Waals surface area contributed by atoms with Crippen molar-refractivity contribution >= 4 is 32.9 Å². The van der Waals surface area contributed by atoms with Crippen molar-refractivity contribution in [3.8, 4) is 0 Å². The van der Waals surface area contributed by atoms with Crippen molar-refractivity contribution < 1.29 is 0 Å². The van der Waals surface area contributed by atoms with Crippen molar-refractivity contribution in [2.45, 2.75) is 20.8 Å². The van der Waals surface area contributed by atoms with Crippen LogP contribution in [0.1, 0.15) is 16.8 Å². The van der Waals surface area contributed by atoms with E-state index >= 15 is 0 Å². The summed E-state index contributed by atoms with van der Waals surface area (Å²) in [6.45, 7) is 6.29. The summed E-state index contributed by atoms with van der Waals surface area (Å²) in [7, 11) is 0. The Morgan fingerprint density at radius 1 is 1.11 bits per heavy atom. The third kappa shape index (κ3) is 2.34. The molecule has 0 saturated heterocycles. The monoisotopic (exact) mass is 268 g/mol. The number of anilines is 2. The van der Waals surface area contributed by atoms with Gasteiger partial charge in [0.1, 0.15) is 4.83 Å². The van der Waals surface area contributed by atoms with E-state index in [4.69, 9.17) is 0 Å². The number of hydrogen-bond acceptors (Lipinski definition) is 3. The second-order valence-corrected chi connectivity index (χ2v) is 5.76. The lowest BCUT2D eigenvalue weighted by Gasteiger charge is -2.07. The van der Waals surface area contributed by atoms with E-state index in [1.165, 1.54) is 16.5 Å². The summed E-state index contributed by atoms with van der Waals surface area (Å²) in [5.74, 6) is 0. The van der Waals surface area contributed by atoms with Gasteiger partial charge in [-0.1, -0.05) is 12.1 Å². The first-order valence-corrected chi connectivity index (χ1v) is 7.20. The maximum absolute atomic E-state index is 4.59. The van der Waals surface area contributed by atoms with Crippen LogP contribution in [0.5, 0.6) is 0 Å². The van der Waals surface area contributed by atoms with Crippen molar-refractivity contribution in [1.29, 1.82) is 0 Å². The first-order valence-electron chi connectivity index (χ1n) is 6.32. The lowest BCUT2D eigenvalue weighted by molar-refractivity contribution is 1.25. The Hall–Kier alpha value is -1.87. The minimum absolute atomic E-state index is 1.08. The molecule has 0 spiro atoms. The summed E-state index contributed by atoms with van der Waals surface area (Å²) in [6, 6.07) is 10.6. The Balaban J connectivity index is 2.06. The zero-order valence-corrected chi connectivity index (χ0v) is 12.1. The van der Waals surface area contributed by atoms with Gasteiger partial charge in [-0.25, -0.2) is 4.98 Å². The van der Waals surface area contributed by atoms with Crippen molar-refractivity contribution in [3.05, 3.63) is 52.5 Å². The molecule has 96 valence electrons. The highest BCUT2D eigenvalue weighted by atomic mass is 32.1. The summed E-state index contributed by atoms with van der Waals surface area (Å²) in [5.41, 5.74) is 5.89. The molecule has 1 aromatic carbocycles. The molecule has 2 aromatic heterocycles. The van der Waals surface area contributed by atoms with Gasteiger partial charge in [-0.15, -0.1) is 11.3 Å². The zero-order valence-electron chi connectivity index (χ0n) is 11.3. The summed E-state index contributed by atoms with van der Waals surface area (Å²) < 4.78 is 0. The van der Waals surface area contributed by atoms with Gasteiger partial charge < -0.3 is 5.32 Å². The van der Waals surface area contributed by atoms with E-state index in [2.05, 4.69) is 59.9 Å². The van der Waals surface area contributed by atoms with E-state index in [9.17, 15) is 0 Å². The molecular weight excluding hydrogens is 252 g/mol. The molecule has 0 aliphatic rings. The minimum Gasteiger partial charge on any atom is -0.354 e. The third-order valence-corrected chi connectivity index (χ3v) is 4.04. The Bertz CT molecular complexity index is 744. The Labute approximate surface area is 117 Å². The van der Waals surface area contributed by atoms with Gasteiger partial charge in [0.2, 0.25) is 0 Å². The fourth-order valence-electron chi connectivity index (χ4n) is 2.36. The summed E-state index contributed by atoms with van der Waals surface area (Å²) >= 11 is 1.69. The van der Waals surface area contributed by atoms with E-state index in [0.717, 1.165) is 21.9 Å².